The highest BCUT2D eigenvalue weighted by Crippen LogP contribution is 2.31. The normalized spacial score (nSPS) is 10.7. The fraction of sp³-hybridized carbons (Fsp3) is 0.308. The molecule has 1 aromatic carbocycles. The van der Waals surface area contributed by atoms with E-state index in [4.69, 9.17) is 11.6 Å². The molecule has 0 atom stereocenters. The Balaban J connectivity index is 2.19. The summed E-state index contributed by atoms with van der Waals surface area (Å²) in [6.45, 7) is 3.76. The van der Waals surface area contributed by atoms with E-state index >= 15 is 0 Å². The number of benzene rings is 1. The first-order valence-corrected chi connectivity index (χ1v) is 7.47. The average molecular weight is 312 g/mol. The van der Waals surface area contributed by atoms with Crippen molar-refractivity contribution in [2.24, 2.45) is 0 Å². The maximum Gasteiger partial charge on any atom is 0.288 e. The van der Waals surface area contributed by atoms with Crippen LogP contribution in [0.15, 0.2) is 23.6 Å². The summed E-state index contributed by atoms with van der Waals surface area (Å²) in [5, 5.41) is 17.0. The van der Waals surface area contributed by atoms with Crippen LogP contribution in [-0.2, 0) is 6.54 Å². The Morgan fingerprint density at radius 2 is 2.30 bits per heavy atom. The summed E-state index contributed by atoms with van der Waals surface area (Å²) < 4.78 is 0. The number of nitro benzene ring substituents is 1. The molecule has 1 aromatic heterocycles. The molecule has 0 radical (unpaired) electrons. The van der Waals surface area contributed by atoms with Crippen molar-refractivity contribution < 1.29 is 4.92 Å². The fourth-order valence-corrected chi connectivity index (χ4v) is 2.70. The molecule has 0 aliphatic heterocycles. The standard InChI is InChI=1S/C13H14ClN3O2S/c1-2-5-15-7-10-8-20-13(16-10)9-3-4-11(14)12(6-9)17(18)19/h3-4,6,8,15H,2,5,7H2,1H3. The molecule has 0 unspecified atom stereocenters. The van der Waals surface area contributed by atoms with E-state index in [0.717, 1.165) is 23.7 Å². The Morgan fingerprint density at radius 3 is 3.00 bits per heavy atom. The molecule has 1 N–H and O–H groups in total. The van der Waals surface area contributed by atoms with E-state index in [2.05, 4.69) is 17.2 Å². The minimum absolute atomic E-state index is 0.0926. The van der Waals surface area contributed by atoms with E-state index in [-0.39, 0.29) is 10.7 Å². The molecule has 0 fully saturated rings. The average Bonchev–Trinajstić information content (AvgIpc) is 2.88. The fourth-order valence-electron chi connectivity index (χ4n) is 1.70. The van der Waals surface area contributed by atoms with Gasteiger partial charge in [-0.15, -0.1) is 11.3 Å². The van der Waals surface area contributed by atoms with E-state index in [0.29, 0.717) is 12.1 Å². The molecule has 106 valence electrons. The van der Waals surface area contributed by atoms with Crippen LogP contribution >= 0.6 is 22.9 Å². The molecule has 2 aromatic rings. The number of hydrogen-bond acceptors (Lipinski definition) is 5. The SMILES string of the molecule is CCCNCc1csc(-c2ccc(Cl)c([N+](=O)[O-])c2)n1. The number of thiazole rings is 1. The van der Waals surface area contributed by atoms with E-state index in [1.807, 2.05) is 5.38 Å². The predicted octanol–water partition coefficient (Wildman–Crippen LogP) is 3.87. The third kappa shape index (κ3) is 3.53. The van der Waals surface area contributed by atoms with Gasteiger partial charge >= 0.3 is 0 Å². The lowest BCUT2D eigenvalue weighted by Crippen LogP contribution is -2.13. The lowest BCUT2D eigenvalue weighted by Gasteiger charge is -2.00. The van der Waals surface area contributed by atoms with Crippen LogP contribution in [0.1, 0.15) is 19.0 Å². The molecule has 7 heteroatoms. The van der Waals surface area contributed by atoms with Crippen LogP contribution in [0.25, 0.3) is 10.6 Å². The third-order valence-electron chi connectivity index (χ3n) is 2.67. The van der Waals surface area contributed by atoms with Crippen molar-refractivity contribution in [3.05, 3.63) is 44.4 Å². The number of rotatable bonds is 6. The largest absolute Gasteiger partial charge is 0.311 e. The predicted molar refractivity (Wildman–Crippen MR) is 81.2 cm³/mol. The number of hydrogen-bond donors (Lipinski definition) is 1. The van der Waals surface area contributed by atoms with Gasteiger partial charge in [-0.1, -0.05) is 18.5 Å². The van der Waals surface area contributed by atoms with Gasteiger partial charge in [0, 0.05) is 23.6 Å². The van der Waals surface area contributed by atoms with Crippen molar-refractivity contribution in [3.63, 3.8) is 0 Å². The molecule has 20 heavy (non-hydrogen) atoms. The maximum atomic E-state index is 10.9. The van der Waals surface area contributed by atoms with Crippen molar-refractivity contribution in [2.75, 3.05) is 6.54 Å². The minimum Gasteiger partial charge on any atom is -0.311 e. The van der Waals surface area contributed by atoms with Gasteiger partial charge in [-0.3, -0.25) is 10.1 Å². The molecule has 0 saturated carbocycles. The Bertz CT molecular complexity index is 615. The van der Waals surface area contributed by atoms with Gasteiger partial charge in [-0.05, 0) is 25.1 Å². The van der Waals surface area contributed by atoms with Crippen LogP contribution in [0.5, 0.6) is 0 Å². The molecular formula is C13H14ClN3O2S. The highest BCUT2D eigenvalue weighted by Gasteiger charge is 2.15. The van der Waals surface area contributed by atoms with Gasteiger partial charge in [0.2, 0.25) is 0 Å². The zero-order valence-electron chi connectivity index (χ0n) is 10.9. The van der Waals surface area contributed by atoms with Crippen LogP contribution in [0.2, 0.25) is 5.02 Å². The smallest absolute Gasteiger partial charge is 0.288 e. The van der Waals surface area contributed by atoms with E-state index in [1.165, 1.54) is 23.5 Å². The monoisotopic (exact) mass is 311 g/mol. The number of nitrogens with one attached hydrogen (secondary N) is 1. The number of halogens is 1. The Labute approximate surface area is 125 Å². The summed E-state index contributed by atoms with van der Waals surface area (Å²) in [5.41, 5.74) is 1.56. The topological polar surface area (TPSA) is 68.1 Å². The van der Waals surface area contributed by atoms with Crippen LogP contribution in [-0.4, -0.2) is 16.5 Å². The van der Waals surface area contributed by atoms with Gasteiger partial charge < -0.3 is 5.32 Å². The molecule has 2 rings (SSSR count). The molecule has 0 bridgehead atoms. The van der Waals surface area contributed by atoms with Crippen LogP contribution < -0.4 is 5.32 Å². The second kappa shape index (κ2) is 6.78. The molecule has 5 nitrogen and oxygen atoms in total. The van der Waals surface area contributed by atoms with Gasteiger partial charge in [0.15, 0.2) is 0 Å². The molecule has 1 heterocycles. The second-order valence-electron chi connectivity index (χ2n) is 4.24. The summed E-state index contributed by atoms with van der Waals surface area (Å²) >= 11 is 7.27. The summed E-state index contributed by atoms with van der Waals surface area (Å²) in [6, 6.07) is 4.74. The number of aromatic nitrogens is 1. The molecular weight excluding hydrogens is 298 g/mol. The highest BCUT2D eigenvalue weighted by atomic mass is 35.5. The van der Waals surface area contributed by atoms with Crippen molar-refractivity contribution in [2.45, 2.75) is 19.9 Å². The molecule has 0 saturated heterocycles. The summed E-state index contributed by atoms with van der Waals surface area (Å²) in [4.78, 5) is 14.9. The molecule has 0 aliphatic rings. The van der Waals surface area contributed by atoms with Crippen LogP contribution in [0, 0.1) is 10.1 Å². The van der Waals surface area contributed by atoms with Gasteiger partial charge in [-0.2, -0.15) is 0 Å². The summed E-state index contributed by atoms with van der Waals surface area (Å²) in [5.74, 6) is 0. The van der Waals surface area contributed by atoms with E-state index in [9.17, 15) is 10.1 Å². The zero-order valence-corrected chi connectivity index (χ0v) is 12.5. The second-order valence-corrected chi connectivity index (χ2v) is 5.51. The quantitative estimate of drug-likeness (QED) is 0.499. The first-order chi connectivity index (χ1) is 9.61. The minimum atomic E-state index is -0.483. The van der Waals surface area contributed by atoms with Gasteiger partial charge in [0.05, 0.1) is 10.6 Å². The summed E-state index contributed by atoms with van der Waals surface area (Å²) in [7, 11) is 0. The van der Waals surface area contributed by atoms with Crippen molar-refractivity contribution in [1.29, 1.82) is 0 Å². The Morgan fingerprint density at radius 1 is 1.50 bits per heavy atom. The van der Waals surface area contributed by atoms with E-state index in [1.54, 1.807) is 6.07 Å². The Hall–Kier alpha value is -1.50. The maximum absolute atomic E-state index is 10.9. The molecule has 0 spiro atoms. The van der Waals surface area contributed by atoms with Crippen LogP contribution in [0.3, 0.4) is 0 Å². The zero-order chi connectivity index (χ0) is 14.5. The van der Waals surface area contributed by atoms with Crippen molar-refractivity contribution >= 4 is 28.6 Å². The molecule has 0 aliphatic carbocycles. The van der Waals surface area contributed by atoms with Gasteiger partial charge in [0.1, 0.15) is 10.0 Å². The third-order valence-corrected chi connectivity index (χ3v) is 3.93. The van der Waals surface area contributed by atoms with Crippen molar-refractivity contribution in [3.8, 4) is 10.6 Å². The highest BCUT2D eigenvalue weighted by molar-refractivity contribution is 7.13. The molecule has 0 amide bonds. The van der Waals surface area contributed by atoms with E-state index < -0.39 is 4.92 Å². The Kier molecular flexibility index (Phi) is 5.05. The number of nitrogens with zero attached hydrogens (tertiary/aromatic N) is 2. The number of nitro groups is 1. The van der Waals surface area contributed by atoms with Crippen molar-refractivity contribution in [1.82, 2.24) is 10.3 Å². The lowest BCUT2D eigenvalue weighted by molar-refractivity contribution is -0.384. The van der Waals surface area contributed by atoms with Crippen LogP contribution in [0.4, 0.5) is 5.69 Å². The summed E-state index contributed by atoms with van der Waals surface area (Å²) in [6.07, 6.45) is 1.07. The first kappa shape index (κ1) is 14.9. The first-order valence-electron chi connectivity index (χ1n) is 6.21. The van der Waals surface area contributed by atoms with Gasteiger partial charge in [-0.25, -0.2) is 4.98 Å². The lowest BCUT2D eigenvalue weighted by atomic mass is 10.2. The van der Waals surface area contributed by atoms with Gasteiger partial charge in [0.25, 0.3) is 5.69 Å².